The zero-order valence-corrected chi connectivity index (χ0v) is 13.7. The molecule has 0 spiro atoms. The fourth-order valence-electron chi connectivity index (χ4n) is 4.77. The van der Waals surface area contributed by atoms with Gasteiger partial charge in [0.1, 0.15) is 0 Å². The van der Waals surface area contributed by atoms with E-state index in [0.29, 0.717) is 11.8 Å². The van der Waals surface area contributed by atoms with Crippen molar-refractivity contribution in [2.45, 2.75) is 39.3 Å². The van der Waals surface area contributed by atoms with E-state index in [4.69, 9.17) is 10.2 Å². The molecule has 0 aromatic heterocycles. The van der Waals surface area contributed by atoms with Gasteiger partial charge in [0.15, 0.2) is 0 Å². The maximum absolute atomic E-state index is 4.88. The SMILES string of the molecule is CC(C)C1=C2CN2C2(N=NC34CN3C(C(C)C)=C3CN34)CN12. The Morgan fingerprint density at radius 1 is 0.727 bits per heavy atom. The largest absolute Gasteiger partial charge is 0.323 e. The minimum atomic E-state index is -0.130. The molecule has 6 heterocycles. The summed E-state index contributed by atoms with van der Waals surface area (Å²) in [7, 11) is 0. The highest BCUT2D eigenvalue weighted by Crippen LogP contribution is 2.62. The predicted octanol–water partition coefficient (Wildman–Crippen LogP) is 1.77. The molecule has 4 fully saturated rings. The van der Waals surface area contributed by atoms with Gasteiger partial charge in [0.25, 0.3) is 0 Å². The summed E-state index contributed by atoms with van der Waals surface area (Å²) in [5.41, 5.74) is 6.02. The quantitative estimate of drug-likeness (QED) is 0.585. The fourth-order valence-corrected chi connectivity index (χ4v) is 4.77. The Kier molecular flexibility index (Phi) is 1.61. The topological polar surface area (TPSA) is 36.8 Å². The predicted molar refractivity (Wildman–Crippen MR) is 80.9 cm³/mol. The third-order valence-corrected chi connectivity index (χ3v) is 5.96. The second-order valence-corrected chi connectivity index (χ2v) is 8.07. The smallest absolute Gasteiger partial charge is 0.247 e. The summed E-state index contributed by atoms with van der Waals surface area (Å²) in [6.45, 7) is 13.4. The van der Waals surface area contributed by atoms with E-state index in [1.165, 1.54) is 22.8 Å². The lowest BCUT2D eigenvalue weighted by molar-refractivity contribution is 0.273. The molecule has 116 valence electrons. The molecule has 22 heavy (non-hydrogen) atoms. The van der Waals surface area contributed by atoms with Crippen LogP contribution in [0.25, 0.3) is 0 Å². The molecule has 4 saturated heterocycles. The molecule has 0 aromatic carbocycles. The van der Waals surface area contributed by atoms with Crippen molar-refractivity contribution in [3.63, 3.8) is 0 Å². The number of hydrogen-bond donors (Lipinski definition) is 0. The first-order valence-corrected chi connectivity index (χ1v) is 8.50. The molecular formula is C16H22N6. The van der Waals surface area contributed by atoms with E-state index in [9.17, 15) is 0 Å². The number of hydrogen-bond acceptors (Lipinski definition) is 6. The van der Waals surface area contributed by atoms with E-state index in [1.807, 2.05) is 0 Å². The van der Waals surface area contributed by atoms with Crippen molar-refractivity contribution in [2.75, 3.05) is 26.2 Å². The van der Waals surface area contributed by atoms with Crippen LogP contribution in [0.2, 0.25) is 0 Å². The Morgan fingerprint density at radius 2 is 1.14 bits per heavy atom. The van der Waals surface area contributed by atoms with Crippen molar-refractivity contribution in [2.24, 2.45) is 22.1 Å². The molecule has 0 amide bonds. The maximum atomic E-state index is 4.88. The van der Waals surface area contributed by atoms with Crippen LogP contribution in [0.3, 0.4) is 0 Å². The zero-order chi connectivity index (χ0) is 15.0. The summed E-state index contributed by atoms with van der Waals surface area (Å²) in [5, 5.41) is 9.75. The van der Waals surface area contributed by atoms with Gasteiger partial charge in [-0.15, -0.1) is 10.2 Å². The molecule has 6 aliphatic heterocycles. The van der Waals surface area contributed by atoms with Gasteiger partial charge in [0.05, 0.1) is 37.6 Å². The number of nitrogens with zero attached hydrogens (tertiary/aromatic N) is 6. The summed E-state index contributed by atoms with van der Waals surface area (Å²) in [5.74, 6) is 0.924. The molecule has 2 atom stereocenters. The van der Waals surface area contributed by atoms with Crippen LogP contribution in [0.4, 0.5) is 0 Å². The minimum absolute atomic E-state index is 0.130. The molecule has 0 bridgehead atoms. The second kappa shape index (κ2) is 3.01. The van der Waals surface area contributed by atoms with Crippen molar-refractivity contribution < 1.29 is 0 Å². The number of allylic oxidation sites excluding steroid dienone is 2. The van der Waals surface area contributed by atoms with Gasteiger partial charge in [-0.1, -0.05) is 27.7 Å². The van der Waals surface area contributed by atoms with E-state index < -0.39 is 0 Å². The summed E-state index contributed by atoms with van der Waals surface area (Å²) in [6.07, 6.45) is 0. The highest BCUT2D eigenvalue weighted by atomic mass is 15.8. The third kappa shape index (κ3) is 1.07. The molecule has 0 aromatic rings. The minimum Gasteiger partial charge on any atom is -0.323 e. The number of azo groups is 1. The van der Waals surface area contributed by atoms with Gasteiger partial charge in [-0.25, -0.2) is 0 Å². The lowest BCUT2D eigenvalue weighted by Crippen LogP contribution is -2.26. The van der Waals surface area contributed by atoms with Crippen molar-refractivity contribution in [1.82, 2.24) is 19.6 Å². The van der Waals surface area contributed by atoms with Gasteiger partial charge in [-0.3, -0.25) is 0 Å². The zero-order valence-electron chi connectivity index (χ0n) is 13.7. The van der Waals surface area contributed by atoms with Gasteiger partial charge in [0.2, 0.25) is 11.6 Å². The van der Waals surface area contributed by atoms with Crippen LogP contribution < -0.4 is 0 Å². The van der Waals surface area contributed by atoms with Gasteiger partial charge >= 0.3 is 0 Å². The number of fused-ring (bicyclic) bond motifs is 6. The number of rotatable bonds is 4. The van der Waals surface area contributed by atoms with Crippen LogP contribution in [0.5, 0.6) is 0 Å². The average Bonchev–Trinajstić information content (AvgIpc) is 3.31. The Morgan fingerprint density at radius 3 is 1.45 bits per heavy atom. The average molecular weight is 298 g/mol. The van der Waals surface area contributed by atoms with E-state index in [0.717, 1.165) is 26.2 Å². The Labute approximate surface area is 130 Å². The van der Waals surface area contributed by atoms with Crippen molar-refractivity contribution in [1.29, 1.82) is 0 Å². The molecule has 6 rings (SSSR count). The Bertz CT molecular complexity index is 658. The van der Waals surface area contributed by atoms with Crippen LogP contribution in [0.1, 0.15) is 27.7 Å². The van der Waals surface area contributed by atoms with Gasteiger partial charge in [0, 0.05) is 11.4 Å². The van der Waals surface area contributed by atoms with Crippen LogP contribution in [0.15, 0.2) is 33.0 Å². The van der Waals surface area contributed by atoms with Crippen LogP contribution >= 0.6 is 0 Å². The summed E-state index contributed by atoms with van der Waals surface area (Å²) >= 11 is 0. The lowest BCUT2D eigenvalue weighted by Gasteiger charge is -2.15. The van der Waals surface area contributed by atoms with Crippen LogP contribution in [-0.2, 0) is 0 Å². The highest BCUT2D eigenvalue weighted by Gasteiger charge is 2.74. The summed E-state index contributed by atoms with van der Waals surface area (Å²) in [4.78, 5) is 9.75. The van der Waals surface area contributed by atoms with Crippen molar-refractivity contribution >= 4 is 0 Å². The second-order valence-electron chi connectivity index (χ2n) is 8.07. The molecule has 2 unspecified atom stereocenters. The maximum Gasteiger partial charge on any atom is 0.247 e. The molecule has 0 radical (unpaired) electrons. The van der Waals surface area contributed by atoms with E-state index >= 15 is 0 Å². The third-order valence-electron chi connectivity index (χ3n) is 5.96. The van der Waals surface area contributed by atoms with Crippen LogP contribution in [-0.4, -0.2) is 57.4 Å². The summed E-state index contributed by atoms with van der Waals surface area (Å²) < 4.78 is 0. The molecule has 0 aliphatic carbocycles. The first-order chi connectivity index (χ1) is 10.5. The Balaban J connectivity index is 1.27. The highest BCUT2D eigenvalue weighted by molar-refractivity contribution is 5.45. The molecule has 0 N–H and O–H groups in total. The van der Waals surface area contributed by atoms with Gasteiger partial charge < -0.3 is 19.6 Å². The first kappa shape index (κ1) is 11.8. The normalized spacial score (nSPS) is 39.4. The first-order valence-electron chi connectivity index (χ1n) is 8.50. The monoisotopic (exact) mass is 298 g/mol. The standard InChI is InChI=1S/C16H22N6/c1-9(2)13-11-5-19(11)15(7-21(13)15)17-18-16-8-22(16)14(10(3)4)12-6-20(12)16/h9-10H,5-8H2,1-4H3. The van der Waals surface area contributed by atoms with E-state index in [-0.39, 0.29) is 11.6 Å². The van der Waals surface area contributed by atoms with E-state index in [2.05, 4.69) is 47.3 Å². The lowest BCUT2D eigenvalue weighted by atomic mass is 10.1. The van der Waals surface area contributed by atoms with Crippen molar-refractivity contribution in [3.8, 4) is 0 Å². The fraction of sp³-hybridized carbons (Fsp3) is 0.750. The molecule has 0 saturated carbocycles. The molecule has 6 nitrogen and oxygen atoms in total. The summed E-state index contributed by atoms with van der Waals surface area (Å²) in [6, 6.07) is 0. The van der Waals surface area contributed by atoms with Crippen LogP contribution in [0, 0.1) is 11.8 Å². The Hall–Kier alpha value is -1.72. The van der Waals surface area contributed by atoms with Gasteiger partial charge in [-0.05, 0) is 11.8 Å². The molecular weight excluding hydrogens is 276 g/mol. The van der Waals surface area contributed by atoms with E-state index in [1.54, 1.807) is 0 Å². The molecule has 6 heteroatoms. The molecule has 6 aliphatic rings. The van der Waals surface area contributed by atoms with Gasteiger partial charge in [-0.2, -0.15) is 0 Å². The van der Waals surface area contributed by atoms with Crippen molar-refractivity contribution in [3.05, 3.63) is 22.8 Å².